The van der Waals surface area contributed by atoms with E-state index in [1.54, 1.807) is 7.05 Å². The van der Waals surface area contributed by atoms with Crippen molar-refractivity contribution in [1.82, 2.24) is 15.5 Å². The van der Waals surface area contributed by atoms with E-state index in [1.165, 1.54) is 25.0 Å². The molecule has 30 heavy (non-hydrogen) atoms. The van der Waals surface area contributed by atoms with Crippen LogP contribution < -0.4 is 10.6 Å². The fourth-order valence-corrected chi connectivity index (χ4v) is 3.84. The van der Waals surface area contributed by atoms with Crippen molar-refractivity contribution < 1.29 is 13.9 Å². The number of nitrogens with one attached hydrogen (secondary N) is 2. The predicted octanol–water partition coefficient (Wildman–Crippen LogP) is 3.19. The normalized spacial score (nSPS) is 19.6. The minimum absolute atomic E-state index is 0. The number of ether oxygens (including phenoxy) is 2. The minimum Gasteiger partial charge on any atom is -0.382 e. The van der Waals surface area contributed by atoms with E-state index in [9.17, 15) is 4.39 Å². The molecule has 0 spiro atoms. The maximum absolute atomic E-state index is 13.4. The molecular formula is C22H36FIN4O2. The summed E-state index contributed by atoms with van der Waals surface area (Å²) in [6, 6.07) is 6.96. The Morgan fingerprint density at radius 2 is 1.93 bits per heavy atom. The van der Waals surface area contributed by atoms with Crippen LogP contribution in [0.2, 0.25) is 0 Å². The van der Waals surface area contributed by atoms with Gasteiger partial charge in [0, 0.05) is 46.4 Å². The van der Waals surface area contributed by atoms with Crippen LogP contribution >= 0.6 is 24.0 Å². The van der Waals surface area contributed by atoms with Gasteiger partial charge < -0.3 is 20.1 Å². The highest BCUT2D eigenvalue weighted by Gasteiger charge is 2.42. The molecule has 0 radical (unpaired) electrons. The Morgan fingerprint density at radius 1 is 1.23 bits per heavy atom. The van der Waals surface area contributed by atoms with Gasteiger partial charge in [-0.1, -0.05) is 12.1 Å². The molecule has 1 aliphatic carbocycles. The van der Waals surface area contributed by atoms with Gasteiger partial charge in [0.25, 0.3) is 0 Å². The molecule has 0 aromatic heterocycles. The molecule has 0 bridgehead atoms. The first kappa shape index (κ1) is 25.3. The molecule has 2 N–H and O–H groups in total. The molecule has 1 saturated carbocycles. The molecule has 0 amide bonds. The van der Waals surface area contributed by atoms with Crippen molar-refractivity contribution in [2.24, 2.45) is 10.4 Å². The molecule has 3 rings (SSSR count). The van der Waals surface area contributed by atoms with E-state index in [0.29, 0.717) is 12.0 Å². The number of hydrogen-bond donors (Lipinski definition) is 2. The van der Waals surface area contributed by atoms with E-state index >= 15 is 0 Å². The zero-order valence-electron chi connectivity index (χ0n) is 18.2. The molecule has 2 aliphatic rings. The fourth-order valence-electron chi connectivity index (χ4n) is 3.84. The van der Waals surface area contributed by atoms with E-state index in [0.717, 1.165) is 64.0 Å². The van der Waals surface area contributed by atoms with Crippen molar-refractivity contribution in [1.29, 1.82) is 0 Å². The van der Waals surface area contributed by atoms with Crippen molar-refractivity contribution in [3.05, 3.63) is 35.6 Å². The van der Waals surface area contributed by atoms with Crippen molar-refractivity contribution in [2.75, 3.05) is 59.7 Å². The maximum Gasteiger partial charge on any atom is 0.191 e. The molecule has 1 aromatic carbocycles. The van der Waals surface area contributed by atoms with Gasteiger partial charge in [-0.3, -0.25) is 9.89 Å². The molecule has 170 valence electrons. The van der Waals surface area contributed by atoms with Crippen LogP contribution in [0.1, 0.15) is 37.8 Å². The zero-order valence-corrected chi connectivity index (χ0v) is 20.5. The summed E-state index contributed by atoms with van der Waals surface area (Å²) in [5.74, 6) is 0.606. The minimum atomic E-state index is -0.207. The van der Waals surface area contributed by atoms with Crippen LogP contribution in [0.25, 0.3) is 0 Å². The third kappa shape index (κ3) is 7.62. The fraction of sp³-hybridized carbons (Fsp3) is 0.682. The van der Waals surface area contributed by atoms with E-state index in [4.69, 9.17) is 9.47 Å². The topological polar surface area (TPSA) is 58.1 Å². The van der Waals surface area contributed by atoms with E-state index in [-0.39, 0.29) is 35.8 Å². The summed E-state index contributed by atoms with van der Waals surface area (Å²) in [5, 5.41) is 6.98. The average Bonchev–Trinajstić information content (AvgIpc) is 3.52. The molecule has 1 heterocycles. The van der Waals surface area contributed by atoms with Crippen LogP contribution in [0.3, 0.4) is 0 Å². The Bertz CT molecular complexity index is 649. The molecule has 2 fully saturated rings. The van der Waals surface area contributed by atoms with Gasteiger partial charge in [0.05, 0.1) is 19.3 Å². The summed E-state index contributed by atoms with van der Waals surface area (Å²) < 4.78 is 24.4. The van der Waals surface area contributed by atoms with Gasteiger partial charge in [0.2, 0.25) is 0 Å². The number of hydrogen-bond acceptors (Lipinski definition) is 4. The largest absolute Gasteiger partial charge is 0.382 e. The van der Waals surface area contributed by atoms with Crippen molar-refractivity contribution in [3.8, 4) is 0 Å². The Labute approximate surface area is 197 Å². The first-order valence-corrected chi connectivity index (χ1v) is 10.8. The summed E-state index contributed by atoms with van der Waals surface area (Å²) in [7, 11) is 1.80. The quantitative estimate of drug-likeness (QED) is 0.209. The predicted molar refractivity (Wildman–Crippen MR) is 129 cm³/mol. The maximum atomic E-state index is 13.4. The second kappa shape index (κ2) is 12.8. The first-order valence-electron chi connectivity index (χ1n) is 10.8. The van der Waals surface area contributed by atoms with Gasteiger partial charge in [-0.25, -0.2) is 4.39 Å². The molecule has 8 heteroatoms. The van der Waals surface area contributed by atoms with Gasteiger partial charge in [0.1, 0.15) is 5.82 Å². The number of morpholine rings is 1. The van der Waals surface area contributed by atoms with Crippen molar-refractivity contribution in [3.63, 3.8) is 0 Å². The second-order valence-electron chi connectivity index (χ2n) is 7.97. The SMILES string of the molecule is CCOCCC1(CNC(=NC)NCC(c2ccc(F)cc2)N2CCOCC2)CC1.I. The zero-order chi connectivity index (χ0) is 20.5. The third-order valence-electron chi connectivity index (χ3n) is 6.00. The highest BCUT2D eigenvalue weighted by atomic mass is 127. The lowest BCUT2D eigenvalue weighted by Crippen LogP contribution is -2.47. The summed E-state index contributed by atoms with van der Waals surface area (Å²) in [6.45, 7) is 8.46. The van der Waals surface area contributed by atoms with Crippen LogP contribution in [0, 0.1) is 11.2 Å². The van der Waals surface area contributed by atoms with E-state index < -0.39 is 0 Å². The van der Waals surface area contributed by atoms with E-state index in [1.807, 2.05) is 19.1 Å². The number of halogens is 2. The Hall–Kier alpha value is -0.970. The molecule has 6 nitrogen and oxygen atoms in total. The average molecular weight is 534 g/mol. The standard InChI is InChI=1S/C22H35FN4O2.HI/c1-3-28-13-10-22(8-9-22)17-26-21(24-2)25-16-20(27-11-14-29-15-12-27)18-4-6-19(23)7-5-18;/h4-7,20H,3,8-17H2,1-2H3,(H2,24,25,26);1H. The molecular weight excluding hydrogens is 498 g/mol. The smallest absolute Gasteiger partial charge is 0.191 e. The molecule has 1 saturated heterocycles. The van der Waals surface area contributed by atoms with Crippen LogP contribution in [0.15, 0.2) is 29.3 Å². The molecule has 1 aromatic rings. The lowest BCUT2D eigenvalue weighted by Gasteiger charge is -2.35. The van der Waals surface area contributed by atoms with Gasteiger partial charge in [-0.15, -0.1) is 24.0 Å². The highest BCUT2D eigenvalue weighted by Crippen LogP contribution is 2.48. The molecule has 1 aliphatic heterocycles. The third-order valence-corrected chi connectivity index (χ3v) is 6.00. The van der Waals surface area contributed by atoms with Gasteiger partial charge in [-0.2, -0.15) is 0 Å². The first-order chi connectivity index (χ1) is 14.2. The summed E-state index contributed by atoms with van der Waals surface area (Å²) in [6.07, 6.45) is 3.59. The molecule has 1 unspecified atom stereocenters. The Kier molecular flexibility index (Phi) is 10.8. The van der Waals surface area contributed by atoms with E-state index in [2.05, 4.69) is 20.5 Å². The lowest BCUT2D eigenvalue weighted by atomic mass is 10.0. The van der Waals surface area contributed by atoms with Gasteiger partial charge in [-0.05, 0) is 49.3 Å². The summed E-state index contributed by atoms with van der Waals surface area (Å²) in [5.41, 5.74) is 1.46. The van der Waals surface area contributed by atoms with Crippen LogP contribution in [-0.2, 0) is 9.47 Å². The number of aliphatic imine (C=N–C) groups is 1. The molecule has 1 atom stereocenters. The van der Waals surface area contributed by atoms with Crippen LogP contribution in [0.5, 0.6) is 0 Å². The van der Waals surface area contributed by atoms with Gasteiger partial charge >= 0.3 is 0 Å². The van der Waals surface area contributed by atoms with Crippen molar-refractivity contribution >= 4 is 29.9 Å². The lowest BCUT2D eigenvalue weighted by molar-refractivity contribution is 0.0170. The monoisotopic (exact) mass is 534 g/mol. The summed E-state index contributed by atoms with van der Waals surface area (Å²) in [4.78, 5) is 6.79. The van der Waals surface area contributed by atoms with Gasteiger partial charge in [0.15, 0.2) is 5.96 Å². The number of benzene rings is 1. The van der Waals surface area contributed by atoms with Crippen LogP contribution in [-0.4, -0.2) is 70.5 Å². The number of rotatable bonds is 10. The van der Waals surface area contributed by atoms with Crippen LogP contribution in [0.4, 0.5) is 4.39 Å². The highest BCUT2D eigenvalue weighted by molar-refractivity contribution is 14.0. The summed E-state index contributed by atoms with van der Waals surface area (Å²) >= 11 is 0. The number of guanidine groups is 1. The van der Waals surface area contributed by atoms with Crippen molar-refractivity contribution in [2.45, 2.75) is 32.2 Å². The number of nitrogens with zero attached hydrogens (tertiary/aromatic N) is 2. The Balaban J connectivity index is 0.00000320. The second-order valence-corrected chi connectivity index (χ2v) is 7.97. The Morgan fingerprint density at radius 3 is 2.53 bits per heavy atom.